The van der Waals surface area contributed by atoms with Gasteiger partial charge in [0, 0.05) is 31.9 Å². The Labute approximate surface area is 124 Å². The first-order valence-corrected chi connectivity index (χ1v) is 6.97. The zero-order valence-corrected chi connectivity index (χ0v) is 12.9. The molecule has 2 aromatic rings. The lowest BCUT2D eigenvalue weighted by Gasteiger charge is -2.13. The van der Waals surface area contributed by atoms with Crippen LogP contribution in [-0.4, -0.2) is 41.9 Å². The fraction of sp³-hybridized carbons (Fsp3) is 0.400. The second kappa shape index (κ2) is 6.77. The van der Waals surface area contributed by atoms with Crippen LogP contribution >= 0.6 is 11.6 Å². The molecular weight excluding hydrogens is 274 g/mol. The highest BCUT2D eigenvalue weighted by molar-refractivity contribution is 6.32. The standard InChI is InChI=1S/C15H20ClN3O/c1-18(2)9-10-20-14-6-4-5-12(15(14)16)11-13-7-8-17-19(13)3/h4-8H,9-11H2,1-3H3. The van der Waals surface area contributed by atoms with Crippen LogP contribution in [0.25, 0.3) is 0 Å². The molecular formula is C15H20ClN3O. The first-order chi connectivity index (χ1) is 9.58. The van der Waals surface area contributed by atoms with Crippen LogP contribution in [0.1, 0.15) is 11.3 Å². The van der Waals surface area contributed by atoms with E-state index in [9.17, 15) is 0 Å². The lowest BCUT2D eigenvalue weighted by Crippen LogP contribution is -2.19. The summed E-state index contributed by atoms with van der Waals surface area (Å²) in [4.78, 5) is 2.08. The minimum atomic E-state index is 0.627. The third-order valence-electron chi connectivity index (χ3n) is 3.13. The number of rotatable bonds is 6. The molecule has 0 aliphatic rings. The monoisotopic (exact) mass is 293 g/mol. The summed E-state index contributed by atoms with van der Waals surface area (Å²) >= 11 is 6.43. The second-order valence-corrected chi connectivity index (χ2v) is 5.38. The molecule has 0 spiro atoms. The van der Waals surface area contributed by atoms with E-state index in [1.165, 1.54) is 0 Å². The van der Waals surface area contributed by atoms with E-state index in [4.69, 9.17) is 16.3 Å². The van der Waals surface area contributed by atoms with Gasteiger partial charge in [0.2, 0.25) is 0 Å². The Kier molecular flexibility index (Phi) is 5.04. The largest absolute Gasteiger partial charge is 0.491 e. The first kappa shape index (κ1) is 14.9. The highest BCUT2D eigenvalue weighted by Crippen LogP contribution is 2.29. The summed E-state index contributed by atoms with van der Waals surface area (Å²) in [5, 5.41) is 4.86. The number of ether oxygens (including phenoxy) is 1. The minimum Gasteiger partial charge on any atom is -0.491 e. The quantitative estimate of drug-likeness (QED) is 0.820. The molecule has 0 unspecified atom stereocenters. The van der Waals surface area contributed by atoms with Crippen molar-refractivity contribution in [2.24, 2.45) is 7.05 Å². The number of nitrogens with zero attached hydrogens (tertiary/aromatic N) is 3. The number of likely N-dealkylation sites (N-methyl/N-ethyl adjacent to an activating group) is 1. The molecule has 0 aliphatic heterocycles. The zero-order valence-electron chi connectivity index (χ0n) is 12.1. The van der Waals surface area contributed by atoms with Crippen molar-refractivity contribution in [3.05, 3.63) is 46.7 Å². The van der Waals surface area contributed by atoms with Gasteiger partial charge < -0.3 is 9.64 Å². The van der Waals surface area contributed by atoms with Crippen molar-refractivity contribution >= 4 is 11.6 Å². The summed E-state index contributed by atoms with van der Waals surface area (Å²) in [5.74, 6) is 0.744. The van der Waals surface area contributed by atoms with Gasteiger partial charge in [-0.1, -0.05) is 23.7 Å². The lowest BCUT2D eigenvalue weighted by atomic mass is 10.1. The van der Waals surface area contributed by atoms with Crippen LogP contribution in [0.5, 0.6) is 5.75 Å². The summed E-state index contributed by atoms with van der Waals surface area (Å²) in [6.45, 7) is 1.49. The van der Waals surface area contributed by atoms with E-state index in [1.807, 2.05) is 50.1 Å². The molecule has 0 atom stereocenters. The van der Waals surface area contributed by atoms with E-state index in [0.29, 0.717) is 11.6 Å². The van der Waals surface area contributed by atoms with E-state index < -0.39 is 0 Å². The Balaban J connectivity index is 2.09. The molecule has 0 saturated carbocycles. The van der Waals surface area contributed by atoms with Crippen molar-refractivity contribution in [2.45, 2.75) is 6.42 Å². The molecule has 1 heterocycles. The maximum Gasteiger partial charge on any atom is 0.138 e. The normalized spacial score (nSPS) is 11.1. The van der Waals surface area contributed by atoms with Gasteiger partial charge in [-0.05, 0) is 31.8 Å². The predicted octanol–water partition coefficient (Wildman–Crippen LogP) is 2.60. The fourth-order valence-electron chi connectivity index (χ4n) is 1.91. The van der Waals surface area contributed by atoms with E-state index in [-0.39, 0.29) is 0 Å². The van der Waals surface area contributed by atoms with E-state index >= 15 is 0 Å². The molecule has 20 heavy (non-hydrogen) atoms. The summed E-state index contributed by atoms with van der Waals surface area (Å²) in [5.41, 5.74) is 2.18. The zero-order chi connectivity index (χ0) is 14.5. The molecule has 0 radical (unpaired) electrons. The molecule has 0 saturated heterocycles. The molecule has 0 bridgehead atoms. The van der Waals surface area contributed by atoms with Crippen molar-refractivity contribution in [3.8, 4) is 5.75 Å². The molecule has 0 aliphatic carbocycles. The van der Waals surface area contributed by atoms with Gasteiger partial charge in [-0.15, -0.1) is 0 Å². The van der Waals surface area contributed by atoms with Gasteiger partial charge in [-0.25, -0.2) is 0 Å². The summed E-state index contributed by atoms with van der Waals surface area (Å²) in [6, 6.07) is 7.90. The molecule has 0 amide bonds. The van der Waals surface area contributed by atoms with Crippen LogP contribution < -0.4 is 4.74 Å². The number of hydrogen-bond acceptors (Lipinski definition) is 3. The van der Waals surface area contributed by atoms with E-state index in [1.54, 1.807) is 6.20 Å². The molecule has 1 aromatic carbocycles. The maximum atomic E-state index is 6.43. The van der Waals surface area contributed by atoms with Crippen LogP contribution in [0.15, 0.2) is 30.5 Å². The molecule has 108 valence electrons. The predicted molar refractivity (Wildman–Crippen MR) is 81.5 cm³/mol. The average molecular weight is 294 g/mol. The summed E-state index contributed by atoms with van der Waals surface area (Å²) in [6.07, 6.45) is 2.54. The van der Waals surface area contributed by atoms with Crippen LogP contribution in [-0.2, 0) is 13.5 Å². The molecule has 4 nitrogen and oxygen atoms in total. The summed E-state index contributed by atoms with van der Waals surface area (Å²) < 4.78 is 7.60. The Morgan fingerprint density at radius 2 is 2.10 bits per heavy atom. The molecule has 1 aromatic heterocycles. The third kappa shape index (κ3) is 3.74. The smallest absolute Gasteiger partial charge is 0.138 e. The van der Waals surface area contributed by atoms with Crippen LogP contribution in [0.4, 0.5) is 0 Å². The molecule has 5 heteroatoms. The molecule has 2 rings (SSSR count). The van der Waals surface area contributed by atoms with Crippen molar-refractivity contribution in [1.29, 1.82) is 0 Å². The van der Waals surface area contributed by atoms with Crippen molar-refractivity contribution < 1.29 is 4.74 Å². The Morgan fingerprint density at radius 3 is 2.75 bits per heavy atom. The van der Waals surface area contributed by atoms with Crippen LogP contribution in [0.3, 0.4) is 0 Å². The number of halogens is 1. The van der Waals surface area contributed by atoms with Gasteiger partial charge >= 0.3 is 0 Å². The summed E-state index contributed by atoms with van der Waals surface area (Å²) in [7, 11) is 5.97. The van der Waals surface area contributed by atoms with Crippen LogP contribution in [0.2, 0.25) is 5.02 Å². The van der Waals surface area contributed by atoms with Gasteiger partial charge in [0.05, 0.1) is 5.02 Å². The number of benzene rings is 1. The van der Waals surface area contributed by atoms with Crippen molar-refractivity contribution in [3.63, 3.8) is 0 Å². The highest BCUT2D eigenvalue weighted by Gasteiger charge is 2.09. The topological polar surface area (TPSA) is 30.3 Å². The number of hydrogen-bond donors (Lipinski definition) is 0. The van der Waals surface area contributed by atoms with Crippen LogP contribution in [0, 0.1) is 0 Å². The maximum absolute atomic E-state index is 6.43. The van der Waals surface area contributed by atoms with Crippen molar-refractivity contribution in [2.75, 3.05) is 27.2 Å². The highest BCUT2D eigenvalue weighted by atomic mass is 35.5. The third-order valence-corrected chi connectivity index (χ3v) is 3.56. The molecule has 0 N–H and O–H groups in total. The lowest BCUT2D eigenvalue weighted by molar-refractivity contribution is 0.261. The fourth-order valence-corrected chi connectivity index (χ4v) is 2.16. The Bertz CT molecular complexity index is 566. The number of aryl methyl sites for hydroxylation is 1. The van der Waals surface area contributed by atoms with Crippen molar-refractivity contribution in [1.82, 2.24) is 14.7 Å². The Morgan fingerprint density at radius 1 is 1.30 bits per heavy atom. The number of aromatic nitrogens is 2. The SMILES string of the molecule is CN(C)CCOc1cccc(Cc2ccnn2C)c1Cl. The minimum absolute atomic E-state index is 0.627. The van der Waals surface area contributed by atoms with E-state index in [0.717, 1.165) is 30.0 Å². The van der Waals surface area contributed by atoms with Gasteiger partial charge in [-0.3, -0.25) is 4.68 Å². The second-order valence-electron chi connectivity index (χ2n) is 5.00. The average Bonchev–Trinajstić information content (AvgIpc) is 2.79. The van der Waals surface area contributed by atoms with Gasteiger partial charge in [0.15, 0.2) is 0 Å². The molecule has 0 fully saturated rings. The van der Waals surface area contributed by atoms with E-state index in [2.05, 4.69) is 10.00 Å². The van der Waals surface area contributed by atoms with Gasteiger partial charge in [0.25, 0.3) is 0 Å². The Hall–Kier alpha value is -1.52. The van der Waals surface area contributed by atoms with Gasteiger partial charge in [-0.2, -0.15) is 5.10 Å². The first-order valence-electron chi connectivity index (χ1n) is 6.59. The van der Waals surface area contributed by atoms with Gasteiger partial charge in [0.1, 0.15) is 12.4 Å².